The summed E-state index contributed by atoms with van der Waals surface area (Å²) >= 11 is 1.12. The van der Waals surface area contributed by atoms with Gasteiger partial charge in [0, 0.05) is 12.1 Å². The number of thioether (sulfide) groups is 1. The molecule has 0 unspecified atom stereocenters. The number of amides is 1. The summed E-state index contributed by atoms with van der Waals surface area (Å²) in [5.74, 6) is 0.898. The van der Waals surface area contributed by atoms with Crippen LogP contribution in [0, 0.1) is 12.8 Å². The van der Waals surface area contributed by atoms with Gasteiger partial charge >= 0.3 is 0 Å². The van der Waals surface area contributed by atoms with Crippen molar-refractivity contribution >= 4 is 27.5 Å². The van der Waals surface area contributed by atoms with Crippen LogP contribution >= 0.6 is 11.8 Å². The van der Waals surface area contributed by atoms with Crippen LogP contribution in [0.1, 0.15) is 25.8 Å². The number of sulfone groups is 1. The van der Waals surface area contributed by atoms with E-state index < -0.39 is 9.84 Å². The van der Waals surface area contributed by atoms with Crippen molar-refractivity contribution in [1.29, 1.82) is 0 Å². The Balaban J connectivity index is 1.89. The summed E-state index contributed by atoms with van der Waals surface area (Å²) in [6.07, 6.45) is 0.893. The first-order chi connectivity index (χ1) is 14.8. The van der Waals surface area contributed by atoms with Crippen molar-refractivity contribution in [2.75, 3.05) is 12.3 Å². The normalized spacial score (nSPS) is 11.6. The van der Waals surface area contributed by atoms with Crippen molar-refractivity contribution in [3.8, 4) is 11.4 Å². The smallest absolute Gasteiger partial charge is 0.230 e. The Bertz CT molecular complexity index is 1120. The van der Waals surface area contributed by atoms with Crippen LogP contribution in [0.25, 0.3) is 11.4 Å². The van der Waals surface area contributed by atoms with Gasteiger partial charge < -0.3 is 10.3 Å². The molecule has 0 bridgehead atoms. The molecule has 1 heterocycles. The summed E-state index contributed by atoms with van der Waals surface area (Å²) in [6.45, 7) is 6.69. The SMILES string of the molecule is Cc1ccc(S(=O)(=O)c2[nH]c(-c3ccccc3)nc2SCC(=O)NCCC(C)C)cc1. The second-order valence-corrected chi connectivity index (χ2v) is 10.6. The molecule has 0 spiro atoms. The Kier molecular flexibility index (Phi) is 7.56. The van der Waals surface area contributed by atoms with E-state index in [1.807, 2.05) is 37.3 Å². The van der Waals surface area contributed by atoms with Gasteiger partial charge in [-0.25, -0.2) is 13.4 Å². The summed E-state index contributed by atoms with van der Waals surface area (Å²) in [7, 11) is -3.82. The number of rotatable bonds is 9. The van der Waals surface area contributed by atoms with E-state index in [4.69, 9.17) is 0 Å². The minimum Gasteiger partial charge on any atom is -0.355 e. The number of aromatic nitrogens is 2. The van der Waals surface area contributed by atoms with Gasteiger partial charge in [0.15, 0.2) is 5.03 Å². The molecule has 1 amide bonds. The predicted molar refractivity (Wildman–Crippen MR) is 124 cm³/mol. The lowest BCUT2D eigenvalue weighted by Crippen LogP contribution is -2.27. The Labute approximate surface area is 187 Å². The highest BCUT2D eigenvalue weighted by Crippen LogP contribution is 2.32. The van der Waals surface area contributed by atoms with Crippen molar-refractivity contribution in [2.45, 2.75) is 42.1 Å². The number of aryl methyl sites for hydroxylation is 1. The lowest BCUT2D eigenvalue weighted by Gasteiger charge is -2.07. The van der Waals surface area contributed by atoms with Crippen LogP contribution in [0.2, 0.25) is 0 Å². The van der Waals surface area contributed by atoms with Gasteiger partial charge in [0.05, 0.1) is 10.6 Å². The monoisotopic (exact) mass is 457 g/mol. The van der Waals surface area contributed by atoms with Gasteiger partial charge in [-0.15, -0.1) is 0 Å². The molecule has 0 saturated heterocycles. The number of carbonyl (C=O) groups is 1. The number of nitrogens with one attached hydrogen (secondary N) is 2. The van der Waals surface area contributed by atoms with Crippen LogP contribution in [0.3, 0.4) is 0 Å². The summed E-state index contributed by atoms with van der Waals surface area (Å²) in [6, 6.07) is 16.0. The highest BCUT2D eigenvalue weighted by atomic mass is 32.2. The summed E-state index contributed by atoms with van der Waals surface area (Å²) in [5.41, 5.74) is 1.75. The fourth-order valence-corrected chi connectivity index (χ4v) is 5.32. The number of hydrogen-bond acceptors (Lipinski definition) is 5. The number of benzene rings is 2. The molecule has 0 aliphatic heterocycles. The molecule has 3 rings (SSSR count). The molecular weight excluding hydrogens is 430 g/mol. The molecule has 2 aromatic carbocycles. The third-order valence-corrected chi connectivity index (χ3v) is 7.50. The fraction of sp³-hybridized carbons (Fsp3) is 0.304. The molecule has 0 saturated carbocycles. The van der Waals surface area contributed by atoms with Crippen LogP contribution in [0.4, 0.5) is 0 Å². The van der Waals surface area contributed by atoms with E-state index >= 15 is 0 Å². The zero-order chi connectivity index (χ0) is 22.4. The Morgan fingerprint density at radius 1 is 1.10 bits per heavy atom. The summed E-state index contributed by atoms with van der Waals surface area (Å²) < 4.78 is 26.6. The molecule has 2 N–H and O–H groups in total. The predicted octanol–water partition coefficient (Wildman–Crippen LogP) is 4.47. The standard InChI is InChI=1S/C23H27N3O3S2/c1-16(2)13-14-24-20(27)15-30-22-23(26-21(25-22)18-7-5-4-6-8-18)31(28,29)19-11-9-17(3)10-12-19/h4-12,16H,13-15H2,1-3H3,(H,24,27)(H,25,26). The quantitative estimate of drug-likeness (QED) is 0.463. The van der Waals surface area contributed by atoms with Gasteiger partial charge in [0.2, 0.25) is 15.7 Å². The number of imidazole rings is 1. The first kappa shape index (κ1) is 23.1. The maximum Gasteiger partial charge on any atom is 0.230 e. The largest absolute Gasteiger partial charge is 0.355 e. The van der Waals surface area contributed by atoms with E-state index in [0.717, 1.165) is 29.3 Å². The molecule has 0 atom stereocenters. The van der Waals surface area contributed by atoms with Crippen LogP contribution < -0.4 is 5.32 Å². The van der Waals surface area contributed by atoms with E-state index in [-0.39, 0.29) is 21.6 Å². The number of aromatic amines is 1. The van der Waals surface area contributed by atoms with Crippen molar-refractivity contribution in [2.24, 2.45) is 5.92 Å². The summed E-state index contributed by atoms with van der Waals surface area (Å²) in [4.78, 5) is 19.9. The molecule has 8 heteroatoms. The topological polar surface area (TPSA) is 91.9 Å². The van der Waals surface area contributed by atoms with E-state index in [0.29, 0.717) is 23.3 Å². The summed E-state index contributed by atoms with van der Waals surface area (Å²) in [5, 5.41) is 3.17. The van der Waals surface area contributed by atoms with Crippen LogP contribution in [-0.4, -0.2) is 36.6 Å². The number of nitrogens with zero attached hydrogens (tertiary/aromatic N) is 1. The van der Waals surface area contributed by atoms with E-state index in [1.165, 1.54) is 0 Å². The minimum atomic E-state index is -3.82. The Morgan fingerprint density at radius 2 is 1.77 bits per heavy atom. The Morgan fingerprint density at radius 3 is 2.42 bits per heavy atom. The number of H-pyrrole nitrogens is 1. The molecular formula is C23H27N3O3S2. The number of hydrogen-bond donors (Lipinski definition) is 2. The Hall–Kier alpha value is -2.58. The molecule has 1 aromatic heterocycles. The van der Waals surface area contributed by atoms with Crippen LogP contribution in [0.5, 0.6) is 0 Å². The van der Waals surface area contributed by atoms with E-state index in [2.05, 4.69) is 29.1 Å². The van der Waals surface area contributed by atoms with Crippen molar-refractivity contribution in [3.05, 3.63) is 60.2 Å². The molecule has 0 aliphatic carbocycles. The van der Waals surface area contributed by atoms with E-state index in [9.17, 15) is 13.2 Å². The number of carbonyl (C=O) groups excluding carboxylic acids is 1. The maximum atomic E-state index is 13.3. The lowest BCUT2D eigenvalue weighted by molar-refractivity contribution is -0.118. The maximum absolute atomic E-state index is 13.3. The van der Waals surface area contributed by atoms with Gasteiger partial charge in [-0.05, 0) is 31.4 Å². The molecule has 31 heavy (non-hydrogen) atoms. The van der Waals surface area contributed by atoms with Gasteiger partial charge in [0.25, 0.3) is 0 Å². The second kappa shape index (κ2) is 10.2. The molecule has 3 aromatic rings. The van der Waals surface area contributed by atoms with Gasteiger partial charge in [0.1, 0.15) is 10.9 Å². The first-order valence-electron chi connectivity index (χ1n) is 10.1. The van der Waals surface area contributed by atoms with Gasteiger partial charge in [-0.2, -0.15) is 0 Å². The zero-order valence-corrected chi connectivity index (χ0v) is 19.5. The highest BCUT2D eigenvalue weighted by molar-refractivity contribution is 8.00. The minimum absolute atomic E-state index is 0.00943. The van der Waals surface area contributed by atoms with Crippen molar-refractivity contribution < 1.29 is 13.2 Å². The molecule has 0 aliphatic rings. The first-order valence-corrected chi connectivity index (χ1v) is 12.6. The second-order valence-electron chi connectivity index (χ2n) is 7.72. The average Bonchev–Trinajstić information content (AvgIpc) is 3.18. The van der Waals surface area contributed by atoms with Gasteiger partial charge in [-0.3, -0.25) is 4.79 Å². The molecule has 0 radical (unpaired) electrons. The lowest BCUT2D eigenvalue weighted by atomic mass is 10.1. The van der Waals surface area contributed by atoms with Crippen LogP contribution in [0.15, 0.2) is 69.5 Å². The average molecular weight is 458 g/mol. The van der Waals surface area contributed by atoms with Crippen LogP contribution in [-0.2, 0) is 14.6 Å². The molecule has 164 valence electrons. The van der Waals surface area contributed by atoms with Gasteiger partial charge in [-0.1, -0.05) is 73.6 Å². The zero-order valence-electron chi connectivity index (χ0n) is 17.9. The van der Waals surface area contributed by atoms with Crippen molar-refractivity contribution in [1.82, 2.24) is 15.3 Å². The molecule has 6 nitrogen and oxygen atoms in total. The third kappa shape index (κ3) is 5.98. The third-order valence-electron chi connectivity index (χ3n) is 4.67. The highest BCUT2D eigenvalue weighted by Gasteiger charge is 2.26. The molecule has 0 fully saturated rings. The van der Waals surface area contributed by atoms with E-state index in [1.54, 1.807) is 24.3 Å². The van der Waals surface area contributed by atoms with Crippen molar-refractivity contribution in [3.63, 3.8) is 0 Å². The fourth-order valence-electron chi connectivity index (χ4n) is 2.87.